The molecule has 0 N–H and O–H groups in total. The highest BCUT2D eigenvalue weighted by molar-refractivity contribution is 5.37. The van der Waals surface area contributed by atoms with Gasteiger partial charge in [-0.05, 0) is 5.56 Å². The fraction of sp³-hybridized carbons (Fsp3) is 0.263. The SMILES string of the molecule is CN(C)OC(c1ccccc1)(C1C=CC=C1)C1C=CC=C1. The van der Waals surface area contributed by atoms with Gasteiger partial charge in [0.05, 0.1) is 0 Å². The van der Waals surface area contributed by atoms with Crippen LogP contribution in [0, 0.1) is 11.8 Å². The Morgan fingerprint density at radius 3 is 1.71 bits per heavy atom. The van der Waals surface area contributed by atoms with E-state index in [0.717, 1.165) is 0 Å². The summed E-state index contributed by atoms with van der Waals surface area (Å²) in [7, 11) is 3.89. The fourth-order valence-electron chi connectivity index (χ4n) is 3.22. The van der Waals surface area contributed by atoms with Gasteiger partial charge in [-0.15, -0.1) is 0 Å². The van der Waals surface area contributed by atoms with E-state index in [1.165, 1.54) is 5.56 Å². The van der Waals surface area contributed by atoms with E-state index < -0.39 is 5.60 Å². The Morgan fingerprint density at radius 2 is 1.29 bits per heavy atom. The summed E-state index contributed by atoms with van der Waals surface area (Å²) in [6.45, 7) is 0. The number of hydrogen-bond acceptors (Lipinski definition) is 2. The minimum absolute atomic E-state index is 0.208. The molecule has 2 aliphatic rings. The first-order chi connectivity index (χ1) is 10.2. The van der Waals surface area contributed by atoms with E-state index in [1.807, 2.05) is 25.2 Å². The minimum atomic E-state index is -0.447. The molecule has 2 heteroatoms. The predicted octanol–water partition coefficient (Wildman–Crippen LogP) is 3.86. The zero-order chi connectivity index (χ0) is 14.7. The zero-order valence-electron chi connectivity index (χ0n) is 12.5. The topological polar surface area (TPSA) is 12.5 Å². The number of rotatable bonds is 5. The van der Waals surface area contributed by atoms with Gasteiger partial charge in [-0.3, -0.25) is 4.84 Å². The fourth-order valence-corrected chi connectivity index (χ4v) is 3.22. The van der Waals surface area contributed by atoms with Gasteiger partial charge in [-0.1, -0.05) is 78.9 Å². The molecule has 0 atom stereocenters. The van der Waals surface area contributed by atoms with Gasteiger partial charge in [0.2, 0.25) is 0 Å². The highest BCUT2D eigenvalue weighted by Gasteiger charge is 2.46. The van der Waals surface area contributed by atoms with E-state index in [-0.39, 0.29) is 11.8 Å². The maximum Gasteiger partial charge on any atom is 0.134 e. The second-order valence-corrected chi connectivity index (χ2v) is 5.65. The molecule has 0 saturated heterocycles. The maximum absolute atomic E-state index is 6.42. The van der Waals surface area contributed by atoms with Crippen LogP contribution in [0.15, 0.2) is 78.9 Å². The van der Waals surface area contributed by atoms with Crippen molar-refractivity contribution in [2.45, 2.75) is 5.60 Å². The first-order valence-corrected chi connectivity index (χ1v) is 7.35. The van der Waals surface area contributed by atoms with Crippen molar-refractivity contribution >= 4 is 0 Å². The molecule has 2 nitrogen and oxygen atoms in total. The van der Waals surface area contributed by atoms with Crippen molar-refractivity contribution in [3.05, 3.63) is 84.5 Å². The van der Waals surface area contributed by atoms with Crippen LogP contribution >= 0.6 is 0 Å². The smallest absolute Gasteiger partial charge is 0.134 e. The van der Waals surface area contributed by atoms with E-state index in [0.29, 0.717) is 0 Å². The predicted molar refractivity (Wildman–Crippen MR) is 86.4 cm³/mol. The van der Waals surface area contributed by atoms with Gasteiger partial charge in [0, 0.05) is 25.9 Å². The third-order valence-corrected chi connectivity index (χ3v) is 4.05. The van der Waals surface area contributed by atoms with Crippen LogP contribution in [0.3, 0.4) is 0 Å². The lowest BCUT2D eigenvalue weighted by atomic mass is 9.73. The third kappa shape index (κ3) is 2.53. The van der Waals surface area contributed by atoms with Crippen LogP contribution < -0.4 is 0 Å². The number of hydroxylamine groups is 2. The summed E-state index contributed by atoms with van der Waals surface area (Å²) in [6, 6.07) is 10.5. The van der Waals surface area contributed by atoms with Crippen molar-refractivity contribution in [2.75, 3.05) is 14.1 Å². The van der Waals surface area contributed by atoms with Crippen LogP contribution in [-0.4, -0.2) is 19.2 Å². The summed E-state index contributed by atoms with van der Waals surface area (Å²) >= 11 is 0. The Kier molecular flexibility index (Phi) is 3.91. The number of benzene rings is 1. The average molecular weight is 279 g/mol. The van der Waals surface area contributed by atoms with Crippen LogP contribution in [-0.2, 0) is 10.4 Å². The first-order valence-electron chi connectivity index (χ1n) is 7.35. The molecule has 0 bridgehead atoms. The van der Waals surface area contributed by atoms with Crippen LogP contribution in [0.5, 0.6) is 0 Å². The number of nitrogens with zero attached hydrogens (tertiary/aromatic N) is 1. The third-order valence-electron chi connectivity index (χ3n) is 4.05. The van der Waals surface area contributed by atoms with Gasteiger partial charge in [-0.2, -0.15) is 5.06 Å². The molecule has 3 rings (SSSR count). The van der Waals surface area contributed by atoms with E-state index in [2.05, 4.69) is 72.9 Å². The normalized spacial score (nSPS) is 18.4. The van der Waals surface area contributed by atoms with E-state index in [9.17, 15) is 0 Å². The summed E-state index contributed by atoms with van der Waals surface area (Å²) in [4.78, 5) is 6.42. The molecule has 1 aromatic rings. The molecule has 0 unspecified atom stereocenters. The Bertz CT molecular complexity index is 543. The van der Waals surface area contributed by atoms with Gasteiger partial charge in [0.1, 0.15) is 5.60 Å². The van der Waals surface area contributed by atoms with Crippen LogP contribution in [0.25, 0.3) is 0 Å². The maximum atomic E-state index is 6.42. The lowest BCUT2D eigenvalue weighted by Gasteiger charge is -2.42. The Morgan fingerprint density at radius 1 is 0.810 bits per heavy atom. The first kappa shape index (κ1) is 14.1. The summed E-state index contributed by atoms with van der Waals surface area (Å²) in [5, 5.41) is 1.81. The van der Waals surface area contributed by atoms with Gasteiger partial charge < -0.3 is 0 Å². The van der Waals surface area contributed by atoms with Gasteiger partial charge in [-0.25, -0.2) is 0 Å². The molecule has 0 aliphatic heterocycles. The Balaban J connectivity index is 2.14. The standard InChI is InChI=1S/C19H21NO/c1-20(2)21-19(17-12-6-7-13-17,18-14-8-9-15-18)16-10-4-3-5-11-16/h3-15,17-18H,1-2H3. The molecule has 0 amide bonds. The van der Waals surface area contributed by atoms with Gasteiger partial charge >= 0.3 is 0 Å². The lowest BCUT2D eigenvalue weighted by Crippen LogP contribution is -2.45. The summed E-state index contributed by atoms with van der Waals surface area (Å²) in [5.74, 6) is 0.416. The molecule has 0 aromatic heterocycles. The monoisotopic (exact) mass is 279 g/mol. The highest BCUT2D eigenvalue weighted by Crippen LogP contribution is 2.46. The van der Waals surface area contributed by atoms with Crippen LogP contribution in [0.1, 0.15) is 5.56 Å². The number of hydrogen-bond donors (Lipinski definition) is 0. The molecule has 0 radical (unpaired) electrons. The van der Waals surface area contributed by atoms with Crippen LogP contribution in [0.2, 0.25) is 0 Å². The van der Waals surface area contributed by atoms with E-state index in [4.69, 9.17) is 4.84 Å². The average Bonchev–Trinajstić information content (AvgIpc) is 3.19. The highest BCUT2D eigenvalue weighted by atomic mass is 16.7. The largest absolute Gasteiger partial charge is 0.286 e. The van der Waals surface area contributed by atoms with Crippen molar-refractivity contribution in [3.8, 4) is 0 Å². The van der Waals surface area contributed by atoms with Crippen molar-refractivity contribution in [2.24, 2.45) is 11.8 Å². The molecule has 0 fully saturated rings. The molecule has 0 saturated carbocycles. The lowest BCUT2D eigenvalue weighted by molar-refractivity contribution is -0.247. The molecule has 1 aromatic carbocycles. The van der Waals surface area contributed by atoms with Crippen molar-refractivity contribution in [1.82, 2.24) is 5.06 Å². The van der Waals surface area contributed by atoms with E-state index >= 15 is 0 Å². The molecule has 0 heterocycles. The second kappa shape index (κ2) is 5.84. The molecular formula is C19H21NO. The molecule has 21 heavy (non-hydrogen) atoms. The van der Waals surface area contributed by atoms with E-state index in [1.54, 1.807) is 0 Å². The Hall–Kier alpha value is -1.90. The summed E-state index contributed by atoms with van der Waals surface area (Å²) < 4.78 is 0. The molecular weight excluding hydrogens is 258 g/mol. The van der Waals surface area contributed by atoms with Crippen LogP contribution in [0.4, 0.5) is 0 Å². The minimum Gasteiger partial charge on any atom is -0.286 e. The summed E-state index contributed by atoms with van der Waals surface area (Å²) in [5.41, 5.74) is 0.749. The van der Waals surface area contributed by atoms with Gasteiger partial charge in [0.15, 0.2) is 0 Å². The van der Waals surface area contributed by atoms with Crippen molar-refractivity contribution < 1.29 is 4.84 Å². The van der Waals surface area contributed by atoms with Crippen molar-refractivity contribution in [1.29, 1.82) is 0 Å². The second-order valence-electron chi connectivity index (χ2n) is 5.65. The quantitative estimate of drug-likeness (QED) is 0.759. The van der Waals surface area contributed by atoms with Crippen molar-refractivity contribution in [3.63, 3.8) is 0 Å². The summed E-state index contributed by atoms with van der Waals surface area (Å²) in [6.07, 6.45) is 17.3. The molecule has 2 aliphatic carbocycles. The Labute approximate surface area is 126 Å². The van der Waals surface area contributed by atoms with Gasteiger partial charge in [0.25, 0.3) is 0 Å². The molecule has 0 spiro atoms. The number of allylic oxidation sites excluding steroid dienone is 4. The molecule has 108 valence electrons. The zero-order valence-corrected chi connectivity index (χ0v) is 12.5.